The molecule has 0 aromatic heterocycles. The van der Waals surface area contributed by atoms with Gasteiger partial charge in [-0.05, 0) is 31.7 Å². The number of benzene rings is 1. The molecule has 5 rings (SSSR count). The fraction of sp³-hybridized carbons (Fsp3) is 0.576. The van der Waals surface area contributed by atoms with Gasteiger partial charge in [-0.15, -0.1) is 0 Å². The topological polar surface area (TPSA) is 125 Å². The van der Waals surface area contributed by atoms with Gasteiger partial charge in [0, 0.05) is 19.0 Å². The van der Waals surface area contributed by atoms with Gasteiger partial charge in [-0.25, -0.2) is 0 Å². The summed E-state index contributed by atoms with van der Waals surface area (Å²) in [6.45, 7) is 5.92. The highest BCUT2D eigenvalue weighted by molar-refractivity contribution is 6.00. The molecule has 10 nitrogen and oxygen atoms in total. The number of amides is 3. The summed E-state index contributed by atoms with van der Waals surface area (Å²) in [7, 11) is 0. The summed E-state index contributed by atoms with van der Waals surface area (Å²) in [5, 5.41) is 13.4. The van der Waals surface area contributed by atoms with Gasteiger partial charge in [-0.2, -0.15) is 0 Å². The molecule has 4 aliphatic rings. The largest absolute Gasteiger partial charge is 0.463 e. The van der Waals surface area contributed by atoms with E-state index in [1.807, 2.05) is 56.3 Å². The Morgan fingerprint density at radius 1 is 1.09 bits per heavy atom. The molecule has 43 heavy (non-hydrogen) atoms. The minimum atomic E-state index is -1.40. The van der Waals surface area contributed by atoms with Crippen LogP contribution in [0.3, 0.4) is 0 Å². The minimum absolute atomic E-state index is 0.0554. The van der Waals surface area contributed by atoms with E-state index in [2.05, 4.69) is 12.2 Å². The first kappa shape index (κ1) is 30.9. The van der Waals surface area contributed by atoms with Crippen LogP contribution < -0.4 is 5.32 Å². The molecule has 0 saturated carbocycles. The standard InChI is InChI=1S/C33H43N3O7/c1-4-12-21(3)35-18-11-17-33-28(31(40)36(23(5-2)19-37)29(33)32(35)41)27-25(43-33)15-9-10-16-26(38)42-20-24(34-30(27)39)22-13-7-6-8-14-22/h6-9,11,13-15,17,21,23-25,27-29,37H,4-5,10,12,16,18-20H2,1-3H3,(H,34,39)/b15-9-/t21?,23-,24-,25+,27-,28-,29+,33-/m0/s1. The summed E-state index contributed by atoms with van der Waals surface area (Å²) in [4.78, 5) is 58.9. The summed E-state index contributed by atoms with van der Waals surface area (Å²) in [6.07, 6.45) is 9.06. The number of esters is 1. The Balaban J connectivity index is 1.60. The van der Waals surface area contributed by atoms with Crippen molar-refractivity contribution in [3.05, 3.63) is 60.2 Å². The summed E-state index contributed by atoms with van der Waals surface area (Å²) >= 11 is 0. The Morgan fingerprint density at radius 2 is 1.86 bits per heavy atom. The predicted octanol–water partition coefficient (Wildman–Crippen LogP) is 2.68. The number of nitrogens with zero attached hydrogens (tertiary/aromatic N) is 2. The first-order chi connectivity index (χ1) is 20.8. The van der Waals surface area contributed by atoms with Crippen LogP contribution >= 0.6 is 0 Å². The summed E-state index contributed by atoms with van der Waals surface area (Å²) < 4.78 is 12.3. The average molecular weight is 594 g/mol. The zero-order valence-electron chi connectivity index (χ0n) is 25.2. The second kappa shape index (κ2) is 13.0. The van der Waals surface area contributed by atoms with Crippen molar-refractivity contribution in [1.29, 1.82) is 0 Å². The maximum Gasteiger partial charge on any atom is 0.306 e. The highest BCUT2D eigenvalue weighted by Gasteiger charge is 2.72. The number of carbonyl (C=O) groups excluding carboxylic acids is 4. The second-order valence-electron chi connectivity index (χ2n) is 12.0. The van der Waals surface area contributed by atoms with E-state index in [9.17, 15) is 24.3 Å². The lowest BCUT2D eigenvalue weighted by molar-refractivity contribution is -0.152. The van der Waals surface area contributed by atoms with Crippen molar-refractivity contribution in [2.24, 2.45) is 11.8 Å². The number of cyclic esters (lactones) is 1. The highest BCUT2D eigenvalue weighted by Crippen LogP contribution is 2.53. The molecule has 1 aromatic rings. The fourth-order valence-corrected chi connectivity index (χ4v) is 7.17. The predicted molar refractivity (Wildman–Crippen MR) is 158 cm³/mol. The number of hydrogen-bond donors (Lipinski definition) is 2. The van der Waals surface area contributed by atoms with Crippen LogP contribution in [0.4, 0.5) is 0 Å². The molecule has 0 aliphatic carbocycles. The Morgan fingerprint density at radius 3 is 2.56 bits per heavy atom. The van der Waals surface area contributed by atoms with E-state index in [-0.39, 0.29) is 43.5 Å². The molecule has 4 heterocycles. The normalized spacial score (nSPS) is 33.3. The van der Waals surface area contributed by atoms with Crippen molar-refractivity contribution in [3.63, 3.8) is 0 Å². The van der Waals surface area contributed by atoms with Gasteiger partial charge in [0.15, 0.2) is 0 Å². The zero-order valence-corrected chi connectivity index (χ0v) is 25.2. The number of likely N-dealkylation sites (tertiary alicyclic amines) is 1. The van der Waals surface area contributed by atoms with Crippen molar-refractivity contribution < 1.29 is 33.8 Å². The van der Waals surface area contributed by atoms with Crippen LogP contribution in [0.5, 0.6) is 0 Å². The smallest absolute Gasteiger partial charge is 0.306 e. The maximum absolute atomic E-state index is 14.5. The van der Waals surface area contributed by atoms with Gasteiger partial charge in [0.05, 0.1) is 36.6 Å². The number of allylic oxidation sites excluding steroid dienone is 1. The van der Waals surface area contributed by atoms with Crippen LogP contribution in [0, 0.1) is 11.8 Å². The first-order valence-electron chi connectivity index (χ1n) is 15.5. The van der Waals surface area contributed by atoms with E-state index in [4.69, 9.17) is 9.47 Å². The zero-order chi connectivity index (χ0) is 30.7. The molecule has 2 fully saturated rings. The maximum atomic E-state index is 14.5. The monoisotopic (exact) mass is 593 g/mol. The molecular weight excluding hydrogens is 550 g/mol. The van der Waals surface area contributed by atoms with E-state index < -0.39 is 47.6 Å². The molecule has 0 radical (unpaired) electrons. The van der Waals surface area contributed by atoms with Gasteiger partial charge in [0.25, 0.3) is 0 Å². The van der Waals surface area contributed by atoms with Crippen molar-refractivity contribution in [2.45, 2.75) is 88.7 Å². The third kappa shape index (κ3) is 5.62. The number of ether oxygens (including phenoxy) is 2. The van der Waals surface area contributed by atoms with E-state index in [0.717, 1.165) is 18.4 Å². The molecule has 4 aliphatic heterocycles. The molecule has 3 amide bonds. The SMILES string of the molecule is CCCC(C)N1CC=C[C@]23O[C@@H]4/C=C\CCC(=O)OC[C@@H](c5ccccc5)NC(=O)[C@@H]4[C@H]2C(=O)N([C@@H](CC)CO)[C@@H]3C1=O. The highest BCUT2D eigenvalue weighted by atomic mass is 16.5. The molecule has 232 valence electrons. The number of nitrogens with one attached hydrogen (secondary N) is 1. The van der Waals surface area contributed by atoms with Crippen molar-refractivity contribution >= 4 is 23.7 Å². The van der Waals surface area contributed by atoms with E-state index in [1.54, 1.807) is 17.1 Å². The summed E-state index contributed by atoms with van der Waals surface area (Å²) in [5.41, 5.74) is -0.640. The van der Waals surface area contributed by atoms with Gasteiger partial charge < -0.3 is 29.7 Å². The Bertz CT molecular complexity index is 1260. The number of fused-ring (bicyclic) bond motifs is 2. The molecule has 2 N–H and O–H groups in total. The Hall–Kier alpha value is -3.50. The summed E-state index contributed by atoms with van der Waals surface area (Å²) in [5.74, 6) is -3.36. The van der Waals surface area contributed by atoms with Gasteiger partial charge in [0.2, 0.25) is 17.7 Å². The number of aliphatic hydroxyl groups excluding tert-OH is 1. The first-order valence-corrected chi connectivity index (χ1v) is 15.5. The third-order valence-corrected chi connectivity index (χ3v) is 9.35. The van der Waals surface area contributed by atoms with Crippen molar-refractivity contribution in [3.8, 4) is 0 Å². The Labute approximate surface area is 253 Å². The van der Waals surface area contributed by atoms with Gasteiger partial charge in [0.1, 0.15) is 18.2 Å². The van der Waals surface area contributed by atoms with Crippen molar-refractivity contribution in [1.82, 2.24) is 15.1 Å². The molecule has 1 spiro atoms. The Kier molecular flexibility index (Phi) is 9.36. The third-order valence-electron chi connectivity index (χ3n) is 9.35. The average Bonchev–Trinajstić information content (AvgIpc) is 3.39. The van der Waals surface area contributed by atoms with Crippen LogP contribution in [0.25, 0.3) is 0 Å². The lowest BCUT2D eigenvalue weighted by Crippen LogP contribution is -2.59. The van der Waals surface area contributed by atoms with Crippen LogP contribution in [-0.2, 0) is 28.7 Å². The quantitative estimate of drug-likeness (QED) is 0.368. The van der Waals surface area contributed by atoms with E-state index >= 15 is 0 Å². The fourth-order valence-electron chi connectivity index (χ4n) is 7.17. The van der Waals surface area contributed by atoms with Gasteiger partial charge in [-0.1, -0.05) is 74.9 Å². The summed E-state index contributed by atoms with van der Waals surface area (Å²) in [6, 6.07) is 6.89. The van der Waals surface area contributed by atoms with Crippen LogP contribution in [-0.4, -0.2) is 88.2 Å². The molecule has 8 atom stereocenters. The number of carbonyl (C=O) groups is 4. The minimum Gasteiger partial charge on any atom is -0.463 e. The molecule has 1 unspecified atom stereocenters. The van der Waals surface area contributed by atoms with Crippen LogP contribution in [0.15, 0.2) is 54.6 Å². The van der Waals surface area contributed by atoms with Gasteiger partial charge >= 0.3 is 5.97 Å². The molecule has 0 bridgehead atoms. The lowest BCUT2D eigenvalue weighted by atomic mass is 9.77. The van der Waals surface area contributed by atoms with E-state index in [0.29, 0.717) is 19.4 Å². The van der Waals surface area contributed by atoms with Crippen LogP contribution in [0.2, 0.25) is 0 Å². The number of rotatable bonds is 7. The second-order valence-corrected chi connectivity index (χ2v) is 12.0. The number of hydrogen-bond acceptors (Lipinski definition) is 7. The molecule has 10 heteroatoms. The molecule has 1 aromatic carbocycles. The molecular formula is C33H43N3O7. The molecule has 2 saturated heterocycles. The number of aliphatic hydroxyl groups is 1. The van der Waals surface area contributed by atoms with Crippen molar-refractivity contribution in [2.75, 3.05) is 19.8 Å². The van der Waals surface area contributed by atoms with E-state index in [1.165, 1.54) is 4.90 Å². The van der Waals surface area contributed by atoms with Gasteiger partial charge in [-0.3, -0.25) is 19.2 Å². The van der Waals surface area contributed by atoms with Crippen LogP contribution in [0.1, 0.15) is 64.5 Å². The lowest BCUT2D eigenvalue weighted by Gasteiger charge is -2.39.